The van der Waals surface area contributed by atoms with Gasteiger partial charge in [-0.1, -0.05) is 0 Å². The predicted molar refractivity (Wildman–Crippen MR) is 109 cm³/mol. The molecule has 1 saturated heterocycles. The lowest BCUT2D eigenvalue weighted by Gasteiger charge is -2.35. The van der Waals surface area contributed by atoms with Crippen molar-refractivity contribution in [1.82, 2.24) is 4.57 Å². The molecule has 0 atom stereocenters. The van der Waals surface area contributed by atoms with Crippen LogP contribution in [0.1, 0.15) is 48.8 Å². The Morgan fingerprint density at radius 2 is 1.63 bits per heavy atom. The van der Waals surface area contributed by atoms with Crippen molar-refractivity contribution in [3.63, 3.8) is 0 Å². The standard InChI is InChI=1S/C24H23F2NO3/c25-17-1-4-19(5-2-17)27-21-6-3-18(26)13-20(21)22(15-11-16(12-15)24(28)29)23(27)14-7-9-30-10-8-14/h1-6,13-16H,7-12H2,(H,28,29)/t15-,16+. The van der Waals surface area contributed by atoms with Gasteiger partial charge < -0.3 is 14.4 Å². The molecule has 0 bridgehead atoms. The molecular weight excluding hydrogens is 388 g/mol. The van der Waals surface area contributed by atoms with Crippen molar-refractivity contribution < 1.29 is 23.4 Å². The first-order valence-corrected chi connectivity index (χ1v) is 10.4. The number of fused-ring (bicyclic) bond motifs is 1. The summed E-state index contributed by atoms with van der Waals surface area (Å²) in [6.07, 6.45) is 2.82. The van der Waals surface area contributed by atoms with Gasteiger partial charge in [-0.3, -0.25) is 4.79 Å². The molecule has 0 amide bonds. The van der Waals surface area contributed by atoms with Crippen molar-refractivity contribution in [3.8, 4) is 5.69 Å². The van der Waals surface area contributed by atoms with E-state index in [0.29, 0.717) is 26.1 Å². The van der Waals surface area contributed by atoms with Crippen LogP contribution in [-0.2, 0) is 9.53 Å². The van der Waals surface area contributed by atoms with E-state index in [-0.39, 0.29) is 29.4 Å². The molecule has 5 rings (SSSR count). The molecule has 30 heavy (non-hydrogen) atoms. The van der Waals surface area contributed by atoms with E-state index in [2.05, 4.69) is 4.57 Å². The first kappa shape index (κ1) is 19.2. The molecule has 4 nitrogen and oxygen atoms in total. The second-order valence-corrected chi connectivity index (χ2v) is 8.36. The van der Waals surface area contributed by atoms with Gasteiger partial charge in [0.1, 0.15) is 11.6 Å². The van der Waals surface area contributed by atoms with Crippen LogP contribution in [0.5, 0.6) is 0 Å². The van der Waals surface area contributed by atoms with Crippen LogP contribution >= 0.6 is 0 Å². The Bertz CT molecular complexity index is 1090. The number of aliphatic carboxylic acids is 1. The predicted octanol–water partition coefficient (Wildman–Crippen LogP) is 5.38. The number of hydrogen-bond donors (Lipinski definition) is 1. The number of aromatic nitrogens is 1. The van der Waals surface area contributed by atoms with Crippen LogP contribution in [0.4, 0.5) is 8.78 Å². The summed E-state index contributed by atoms with van der Waals surface area (Å²) in [4.78, 5) is 11.4. The zero-order chi connectivity index (χ0) is 20.8. The van der Waals surface area contributed by atoms with Crippen molar-refractivity contribution >= 4 is 16.9 Å². The summed E-state index contributed by atoms with van der Waals surface area (Å²) in [6, 6.07) is 11.1. The number of ether oxygens (including phenoxy) is 1. The van der Waals surface area contributed by atoms with Gasteiger partial charge in [0.25, 0.3) is 0 Å². The molecule has 1 aromatic heterocycles. The fourth-order valence-electron chi connectivity index (χ4n) is 5.03. The van der Waals surface area contributed by atoms with Crippen molar-refractivity contribution in [1.29, 1.82) is 0 Å². The van der Waals surface area contributed by atoms with Crippen molar-refractivity contribution in [2.75, 3.05) is 13.2 Å². The van der Waals surface area contributed by atoms with Crippen LogP contribution in [0, 0.1) is 17.6 Å². The van der Waals surface area contributed by atoms with E-state index < -0.39 is 5.97 Å². The smallest absolute Gasteiger partial charge is 0.306 e. The SMILES string of the molecule is O=C(O)[C@H]1C[C@@H](c2c(C3CCOCC3)n(-c3ccc(F)cc3)c3ccc(F)cc32)C1. The Kier molecular flexibility index (Phi) is 4.82. The maximum Gasteiger partial charge on any atom is 0.306 e. The number of benzene rings is 2. The molecule has 156 valence electrons. The molecule has 3 aromatic rings. The lowest BCUT2D eigenvalue weighted by molar-refractivity contribution is -0.145. The Balaban J connectivity index is 1.74. The zero-order valence-electron chi connectivity index (χ0n) is 16.5. The fraction of sp³-hybridized carbons (Fsp3) is 0.375. The molecule has 2 fully saturated rings. The maximum absolute atomic E-state index is 14.3. The zero-order valence-corrected chi connectivity index (χ0v) is 16.5. The number of rotatable bonds is 4. The third-order valence-electron chi connectivity index (χ3n) is 6.59. The summed E-state index contributed by atoms with van der Waals surface area (Å²) in [5.74, 6) is -1.44. The maximum atomic E-state index is 14.3. The Hall–Kier alpha value is -2.73. The summed E-state index contributed by atoms with van der Waals surface area (Å²) in [6.45, 7) is 1.32. The molecule has 2 aliphatic rings. The summed E-state index contributed by atoms with van der Waals surface area (Å²) < 4.78 is 35.6. The average Bonchev–Trinajstić information content (AvgIpc) is 3.02. The minimum atomic E-state index is -0.771. The highest BCUT2D eigenvalue weighted by molar-refractivity contribution is 5.89. The highest BCUT2D eigenvalue weighted by atomic mass is 19.1. The number of hydrogen-bond acceptors (Lipinski definition) is 2. The highest BCUT2D eigenvalue weighted by Crippen LogP contribution is 2.50. The van der Waals surface area contributed by atoms with Crippen LogP contribution in [-0.4, -0.2) is 28.9 Å². The van der Waals surface area contributed by atoms with Gasteiger partial charge in [0.2, 0.25) is 0 Å². The normalized spacial score (nSPS) is 22.2. The number of halogens is 2. The summed E-state index contributed by atoms with van der Waals surface area (Å²) in [7, 11) is 0. The summed E-state index contributed by atoms with van der Waals surface area (Å²) in [5, 5.41) is 10.2. The molecule has 1 N–H and O–H groups in total. The third kappa shape index (κ3) is 3.19. The Labute approximate surface area is 173 Å². The molecule has 6 heteroatoms. The topological polar surface area (TPSA) is 51.5 Å². The van der Waals surface area contributed by atoms with Crippen LogP contribution < -0.4 is 0 Å². The molecule has 1 saturated carbocycles. The van der Waals surface area contributed by atoms with Crippen molar-refractivity contribution in [3.05, 3.63) is 65.4 Å². The van der Waals surface area contributed by atoms with Gasteiger partial charge in [-0.05, 0) is 79.6 Å². The summed E-state index contributed by atoms with van der Waals surface area (Å²) >= 11 is 0. The number of carboxylic acid groups (broad SMARTS) is 1. The van der Waals surface area contributed by atoms with E-state index in [4.69, 9.17) is 4.74 Å². The minimum Gasteiger partial charge on any atom is -0.481 e. The van der Waals surface area contributed by atoms with Gasteiger partial charge in [0, 0.05) is 35.9 Å². The van der Waals surface area contributed by atoms with E-state index in [1.807, 2.05) is 0 Å². The highest BCUT2D eigenvalue weighted by Gasteiger charge is 2.40. The van der Waals surface area contributed by atoms with E-state index >= 15 is 0 Å². The summed E-state index contributed by atoms with van der Waals surface area (Å²) in [5.41, 5.74) is 3.85. The molecule has 0 radical (unpaired) electrons. The van der Waals surface area contributed by atoms with Crippen LogP contribution in [0.2, 0.25) is 0 Å². The monoisotopic (exact) mass is 411 g/mol. The molecule has 0 unspecified atom stereocenters. The number of nitrogens with zero attached hydrogens (tertiary/aromatic N) is 1. The quantitative estimate of drug-likeness (QED) is 0.627. The second kappa shape index (κ2) is 7.51. The Morgan fingerprint density at radius 1 is 0.967 bits per heavy atom. The van der Waals surface area contributed by atoms with Crippen LogP contribution in [0.25, 0.3) is 16.6 Å². The van der Waals surface area contributed by atoms with Crippen LogP contribution in [0.3, 0.4) is 0 Å². The number of carbonyl (C=O) groups is 1. The van der Waals surface area contributed by atoms with Crippen molar-refractivity contribution in [2.45, 2.75) is 37.5 Å². The lowest BCUT2D eigenvalue weighted by Crippen LogP contribution is -2.30. The third-order valence-corrected chi connectivity index (χ3v) is 6.59. The molecular formula is C24H23F2NO3. The first-order valence-electron chi connectivity index (χ1n) is 10.4. The van der Waals surface area contributed by atoms with Gasteiger partial charge in [0.05, 0.1) is 11.4 Å². The fourth-order valence-corrected chi connectivity index (χ4v) is 5.03. The van der Waals surface area contributed by atoms with Gasteiger partial charge >= 0.3 is 5.97 Å². The van der Waals surface area contributed by atoms with Crippen LogP contribution in [0.15, 0.2) is 42.5 Å². The van der Waals surface area contributed by atoms with Crippen molar-refractivity contribution in [2.24, 2.45) is 5.92 Å². The van der Waals surface area contributed by atoms with Gasteiger partial charge in [-0.25, -0.2) is 8.78 Å². The molecule has 0 spiro atoms. The second-order valence-electron chi connectivity index (χ2n) is 8.36. The first-order chi connectivity index (χ1) is 14.5. The van der Waals surface area contributed by atoms with E-state index in [1.165, 1.54) is 18.2 Å². The van der Waals surface area contributed by atoms with Gasteiger partial charge in [-0.15, -0.1) is 0 Å². The van der Waals surface area contributed by atoms with Gasteiger partial charge in [-0.2, -0.15) is 0 Å². The largest absolute Gasteiger partial charge is 0.481 e. The number of carboxylic acids is 1. The molecule has 1 aliphatic heterocycles. The molecule has 1 aliphatic carbocycles. The molecule has 2 heterocycles. The molecule has 2 aromatic carbocycles. The Morgan fingerprint density at radius 3 is 2.30 bits per heavy atom. The minimum absolute atomic E-state index is 0.0787. The van der Waals surface area contributed by atoms with E-state index in [0.717, 1.165) is 40.7 Å². The van der Waals surface area contributed by atoms with E-state index in [9.17, 15) is 18.7 Å². The lowest BCUT2D eigenvalue weighted by atomic mass is 9.69. The van der Waals surface area contributed by atoms with Gasteiger partial charge in [0.15, 0.2) is 0 Å². The average molecular weight is 411 g/mol. The van der Waals surface area contributed by atoms with E-state index in [1.54, 1.807) is 24.3 Å².